The number of carbonyl (C=O) groups is 2. The van der Waals surface area contributed by atoms with Crippen molar-refractivity contribution in [1.29, 1.82) is 0 Å². The van der Waals surface area contributed by atoms with Gasteiger partial charge in [0.05, 0.1) is 5.39 Å². The smallest absolute Gasteiger partial charge is 0.394 e. The second kappa shape index (κ2) is 6.28. The zero-order chi connectivity index (χ0) is 16.4. The van der Waals surface area contributed by atoms with Crippen LogP contribution in [0.25, 0.3) is 10.8 Å². The van der Waals surface area contributed by atoms with Crippen molar-refractivity contribution in [3.8, 4) is 11.5 Å². The molecule has 0 spiro atoms. The minimum absolute atomic E-state index is 0.343. The van der Waals surface area contributed by atoms with E-state index in [1.165, 1.54) is 0 Å². The molecule has 0 fully saturated rings. The molecule has 1 aliphatic heterocycles. The van der Waals surface area contributed by atoms with Crippen molar-refractivity contribution in [2.24, 2.45) is 0 Å². The summed E-state index contributed by atoms with van der Waals surface area (Å²) in [6.07, 6.45) is 1.42. The van der Waals surface area contributed by atoms with E-state index >= 15 is 0 Å². The van der Waals surface area contributed by atoms with Crippen LogP contribution < -0.4 is 9.47 Å². The van der Waals surface area contributed by atoms with Crippen molar-refractivity contribution < 1.29 is 23.8 Å². The minimum Gasteiger partial charge on any atom is -0.394 e. The van der Waals surface area contributed by atoms with E-state index in [-0.39, 0.29) is 0 Å². The molecule has 0 unspecified atom stereocenters. The molecule has 2 aromatic rings. The standard InChI is InChI=1S/C18H18O5/c1-3-6-11-10-12-8-5-9-14-15(12)16(13(11)7-4-2)22-18(20)23-17(19)21-14/h5,8-10H,3-4,6-7H2,1-2H3. The number of benzene rings is 2. The lowest BCUT2D eigenvalue weighted by Gasteiger charge is -2.20. The van der Waals surface area contributed by atoms with Gasteiger partial charge in [0.15, 0.2) is 0 Å². The number of hydrogen-bond donors (Lipinski definition) is 0. The molecular weight excluding hydrogens is 296 g/mol. The highest BCUT2D eigenvalue weighted by atomic mass is 16.8. The van der Waals surface area contributed by atoms with Crippen molar-refractivity contribution in [1.82, 2.24) is 0 Å². The van der Waals surface area contributed by atoms with Crippen LogP contribution >= 0.6 is 0 Å². The number of rotatable bonds is 4. The van der Waals surface area contributed by atoms with Crippen molar-refractivity contribution >= 4 is 23.1 Å². The molecule has 0 bridgehead atoms. The fraction of sp³-hybridized carbons (Fsp3) is 0.333. The molecule has 5 nitrogen and oxygen atoms in total. The highest BCUT2D eigenvalue weighted by molar-refractivity contribution is 5.99. The predicted octanol–water partition coefficient (Wildman–Crippen LogP) is 4.77. The fourth-order valence-electron chi connectivity index (χ4n) is 2.98. The van der Waals surface area contributed by atoms with Gasteiger partial charge in [0.1, 0.15) is 11.5 Å². The second-order valence-electron chi connectivity index (χ2n) is 5.50. The summed E-state index contributed by atoms with van der Waals surface area (Å²) in [4.78, 5) is 23.3. The first-order valence-corrected chi connectivity index (χ1v) is 7.83. The third-order valence-corrected chi connectivity index (χ3v) is 3.84. The SMILES string of the molecule is CCCc1cc2cccc3c2c(c1CCC)OC(=O)OC(=O)O3. The summed E-state index contributed by atoms with van der Waals surface area (Å²) in [5.41, 5.74) is 2.12. The van der Waals surface area contributed by atoms with Crippen LogP contribution in [0.2, 0.25) is 0 Å². The monoisotopic (exact) mass is 314 g/mol. The maximum Gasteiger partial charge on any atom is 0.524 e. The molecule has 23 heavy (non-hydrogen) atoms. The normalized spacial score (nSPS) is 13.8. The number of ether oxygens (including phenoxy) is 3. The van der Waals surface area contributed by atoms with Crippen LogP contribution in [0.1, 0.15) is 37.8 Å². The molecule has 0 N–H and O–H groups in total. The van der Waals surface area contributed by atoms with Crippen molar-refractivity contribution in [2.45, 2.75) is 39.5 Å². The Morgan fingerprint density at radius 2 is 1.65 bits per heavy atom. The maximum absolute atomic E-state index is 11.8. The van der Waals surface area contributed by atoms with E-state index in [4.69, 9.17) is 9.47 Å². The first kappa shape index (κ1) is 15.3. The zero-order valence-corrected chi connectivity index (χ0v) is 13.2. The van der Waals surface area contributed by atoms with Crippen LogP contribution in [-0.4, -0.2) is 12.3 Å². The summed E-state index contributed by atoms with van der Waals surface area (Å²) in [6.45, 7) is 4.18. The molecule has 0 aliphatic carbocycles. The van der Waals surface area contributed by atoms with E-state index in [9.17, 15) is 9.59 Å². The van der Waals surface area contributed by atoms with Gasteiger partial charge in [0, 0.05) is 0 Å². The lowest BCUT2D eigenvalue weighted by Crippen LogP contribution is -2.22. The molecule has 0 aromatic heterocycles. The van der Waals surface area contributed by atoms with Gasteiger partial charge in [-0.2, -0.15) is 0 Å². The number of cyclic esters (lactones) is 2. The summed E-state index contributed by atoms with van der Waals surface area (Å²) in [5.74, 6) is 0.788. The van der Waals surface area contributed by atoms with Crippen molar-refractivity contribution in [2.75, 3.05) is 0 Å². The molecule has 0 atom stereocenters. The van der Waals surface area contributed by atoms with Gasteiger partial charge in [-0.05, 0) is 35.4 Å². The van der Waals surface area contributed by atoms with E-state index in [0.29, 0.717) is 16.9 Å². The van der Waals surface area contributed by atoms with Crippen LogP contribution in [0.4, 0.5) is 9.59 Å². The van der Waals surface area contributed by atoms with Gasteiger partial charge in [-0.3, -0.25) is 0 Å². The first-order valence-electron chi connectivity index (χ1n) is 7.83. The summed E-state index contributed by atoms with van der Waals surface area (Å²) < 4.78 is 15.0. The maximum atomic E-state index is 11.8. The van der Waals surface area contributed by atoms with Crippen LogP contribution in [0.15, 0.2) is 24.3 Å². The highest BCUT2D eigenvalue weighted by Gasteiger charge is 2.26. The fourth-order valence-corrected chi connectivity index (χ4v) is 2.98. The van der Waals surface area contributed by atoms with Crippen LogP contribution in [0.5, 0.6) is 11.5 Å². The summed E-state index contributed by atoms with van der Waals surface area (Å²) in [5, 5.41) is 1.52. The van der Waals surface area contributed by atoms with E-state index in [0.717, 1.165) is 42.2 Å². The number of carbonyl (C=O) groups excluding carboxylic acids is 2. The molecule has 0 amide bonds. The van der Waals surface area contributed by atoms with Gasteiger partial charge < -0.3 is 14.2 Å². The van der Waals surface area contributed by atoms with Crippen LogP contribution in [-0.2, 0) is 17.6 Å². The van der Waals surface area contributed by atoms with Crippen LogP contribution in [0, 0.1) is 0 Å². The van der Waals surface area contributed by atoms with Gasteiger partial charge in [-0.25, -0.2) is 9.59 Å². The average molecular weight is 314 g/mol. The molecule has 2 aromatic carbocycles. The summed E-state index contributed by atoms with van der Waals surface area (Å²) in [6, 6.07) is 7.47. The third kappa shape index (κ3) is 2.86. The Kier molecular flexibility index (Phi) is 4.19. The van der Waals surface area contributed by atoms with E-state index in [1.807, 2.05) is 6.07 Å². The quantitative estimate of drug-likeness (QED) is 0.462. The minimum atomic E-state index is -1.08. The largest absolute Gasteiger partial charge is 0.524 e. The van der Waals surface area contributed by atoms with E-state index < -0.39 is 12.3 Å². The Bertz CT molecular complexity index is 779. The van der Waals surface area contributed by atoms with E-state index in [1.54, 1.807) is 12.1 Å². The molecule has 3 rings (SSSR count). The topological polar surface area (TPSA) is 61.8 Å². The first-order chi connectivity index (χ1) is 11.1. The van der Waals surface area contributed by atoms with E-state index in [2.05, 4.69) is 24.7 Å². The molecule has 1 heterocycles. The number of hydrogen-bond acceptors (Lipinski definition) is 5. The molecule has 0 saturated heterocycles. The van der Waals surface area contributed by atoms with Gasteiger partial charge in [0.2, 0.25) is 0 Å². The molecule has 0 saturated carbocycles. The van der Waals surface area contributed by atoms with Gasteiger partial charge >= 0.3 is 12.3 Å². The predicted molar refractivity (Wildman–Crippen MR) is 85.1 cm³/mol. The molecule has 1 aliphatic rings. The summed E-state index contributed by atoms with van der Waals surface area (Å²) in [7, 11) is 0. The second-order valence-corrected chi connectivity index (χ2v) is 5.50. The zero-order valence-electron chi connectivity index (χ0n) is 13.2. The lowest BCUT2D eigenvalue weighted by atomic mass is 9.93. The molecular formula is C18H18O5. The number of aryl methyl sites for hydroxylation is 1. The van der Waals surface area contributed by atoms with Crippen molar-refractivity contribution in [3.05, 3.63) is 35.4 Å². The Balaban J connectivity index is 2.33. The Morgan fingerprint density at radius 1 is 0.913 bits per heavy atom. The lowest BCUT2D eigenvalue weighted by molar-refractivity contribution is 0.0877. The Morgan fingerprint density at radius 3 is 2.39 bits per heavy atom. The Labute approximate surface area is 134 Å². The highest BCUT2D eigenvalue weighted by Crippen LogP contribution is 2.41. The van der Waals surface area contributed by atoms with Gasteiger partial charge in [-0.15, -0.1) is 0 Å². The summed E-state index contributed by atoms with van der Waals surface area (Å²) >= 11 is 0. The molecule has 5 heteroatoms. The van der Waals surface area contributed by atoms with Crippen molar-refractivity contribution in [3.63, 3.8) is 0 Å². The van der Waals surface area contributed by atoms with Crippen LogP contribution in [0.3, 0.4) is 0 Å². The molecule has 120 valence electrons. The third-order valence-electron chi connectivity index (χ3n) is 3.84. The van der Waals surface area contributed by atoms with Gasteiger partial charge in [-0.1, -0.05) is 44.9 Å². The average Bonchev–Trinajstić information content (AvgIpc) is 2.49. The van der Waals surface area contributed by atoms with Gasteiger partial charge in [0.25, 0.3) is 0 Å². The Hall–Kier alpha value is -2.56. The molecule has 0 radical (unpaired) electrons.